The molecule has 1 aromatic heterocycles. The van der Waals surface area contributed by atoms with Crippen LogP contribution in [0.3, 0.4) is 0 Å². The fraction of sp³-hybridized carbons (Fsp3) is 0.462. The average molecular weight is 242 g/mol. The summed E-state index contributed by atoms with van der Waals surface area (Å²) in [5.74, 6) is 0.270. The second kappa shape index (κ2) is 4.30. The van der Waals surface area contributed by atoms with Gasteiger partial charge in [-0.2, -0.15) is 5.26 Å². The molecule has 0 bridgehead atoms. The fourth-order valence-corrected chi connectivity index (χ4v) is 2.82. The molecule has 5 nitrogen and oxygen atoms in total. The largest absolute Gasteiger partial charge is 0.365 e. The number of fused-ring (bicyclic) bond motifs is 1. The molecular weight excluding hydrogens is 228 g/mol. The Morgan fingerprint density at radius 2 is 2.33 bits per heavy atom. The lowest BCUT2D eigenvalue weighted by molar-refractivity contribution is -0.129. The highest BCUT2D eigenvalue weighted by Gasteiger charge is 2.35. The second-order valence-corrected chi connectivity index (χ2v) is 4.73. The minimum absolute atomic E-state index is 0.270. The molecule has 0 radical (unpaired) electrons. The molecule has 2 aliphatic rings. The lowest BCUT2D eigenvalue weighted by Gasteiger charge is -2.38. The first-order chi connectivity index (χ1) is 8.79. The molecule has 5 heteroatoms. The van der Waals surface area contributed by atoms with E-state index in [2.05, 4.69) is 16.0 Å². The number of pyridine rings is 1. The molecule has 0 aliphatic carbocycles. The zero-order valence-corrected chi connectivity index (χ0v) is 10.0. The minimum Gasteiger partial charge on any atom is -0.365 e. The Kier molecular flexibility index (Phi) is 2.63. The van der Waals surface area contributed by atoms with Gasteiger partial charge in [-0.15, -0.1) is 0 Å². The molecule has 0 N–H and O–H groups in total. The van der Waals surface area contributed by atoms with Crippen molar-refractivity contribution in [1.29, 1.82) is 5.26 Å². The van der Waals surface area contributed by atoms with E-state index in [9.17, 15) is 4.79 Å². The number of piperazine rings is 1. The molecule has 0 saturated carbocycles. The lowest BCUT2D eigenvalue weighted by Crippen LogP contribution is -2.51. The van der Waals surface area contributed by atoms with Crippen molar-refractivity contribution in [3.63, 3.8) is 0 Å². The zero-order chi connectivity index (χ0) is 12.5. The Morgan fingerprint density at radius 1 is 1.44 bits per heavy atom. The van der Waals surface area contributed by atoms with Gasteiger partial charge in [0.05, 0.1) is 17.4 Å². The third-order valence-corrected chi connectivity index (χ3v) is 3.76. The van der Waals surface area contributed by atoms with Crippen molar-refractivity contribution in [2.24, 2.45) is 0 Å². The van der Waals surface area contributed by atoms with Gasteiger partial charge in [0.2, 0.25) is 5.91 Å². The van der Waals surface area contributed by atoms with Crippen LogP contribution >= 0.6 is 0 Å². The SMILES string of the molecule is N#Cc1ccncc1N1CCN2C(=O)CCC2C1. The number of anilines is 1. The van der Waals surface area contributed by atoms with Gasteiger partial charge in [-0.3, -0.25) is 9.78 Å². The predicted octanol–water partition coefficient (Wildman–Crippen LogP) is 0.764. The lowest BCUT2D eigenvalue weighted by atomic mass is 10.1. The molecule has 2 aliphatic heterocycles. The van der Waals surface area contributed by atoms with E-state index in [1.165, 1.54) is 0 Å². The predicted molar refractivity (Wildman–Crippen MR) is 65.9 cm³/mol. The Labute approximate surface area is 106 Å². The van der Waals surface area contributed by atoms with Crippen molar-refractivity contribution in [1.82, 2.24) is 9.88 Å². The number of carbonyl (C=O) groups excluding carboxylic acids is 1. The molecule has 3 rings (SSSR count). The molecule has 3 heterocycles. The summed E-state index contributed by atoms with van der Waals surface area (Å²) in [5.41, 5.74) is 1.54. The van der Waals surface area contributed by atoms with Gasteiger partial charge in [-0.1, -0.05) is 0 Å². The number of rotatable bonds is 1. The third-order valence-electron chi connectivity index (χ3n) is 3.76. The smallest absolute Gasteiger partial charge is 0.223 e. The quantitative estimate of drug-likeness (QED) is 0.729. The van der Waals surface area contributed by atoms with Gasteiger partial charge in [0, 0.05) is 38.3 Å². The molecule has 0 spiro atoms. The van der Waals surface area contributed by atoms with Crippen LogP contribution in [0, 0.1) is 11.3 Å². The summed E-state index contributed by atoms with van der Waals surface area (Å²) in [6.45, 7) is 2.35. The number of hydrogen-bond acceptors (Lipinski definition) is 4. The van der Waals surface area contributed by atoms with Crippen LogP contribution in [0.4, 0.5) is 5.69 Å². The van der Waals surface area contributed by atoms with Crippen LogP contribution in [0.5, 0.6) is 0 Å². The van der Waals surface area contributed by atoms with Gasteiger partial charge >= 0.3 is 0 Å². The van der Waals surface area contributed by atoms with E-state index in [0.29, 0.717) is 18.0 Å². The molecule has 18 heavy (non-hydrogen) atoms. The van der Waals surface area contributed by atoms with Crippen LogP contribution in [0.2, 0.25) is 0 Å². The number of nitriles is 1. The number of amides is 1. The highest BCUT2D eigenvalue weighted by Crippen LogP contribution is 2.27. The highest BCUT2D eigenvalue weighted by atomic mass is 16.2. The summed E-state index contributed by atoms with van der Waals surface area (Å²) in [4.78, 5) is 19.9. The van der Waals surface area contributed by atoms with Crippen molar-refractivity contribution in [3.8, 4) is 6.07 Å². The van der Waals surface area contributed by atoms with E-state index in [1.807, 2.05) is 4.90 Å². The first-order valence-electron chi connectivity index (χ1n) is 6.18. The fourth-order valence-electron chi connectivity index (χ4n) is 2.82. The van der Waals surface area contributed by atoms with Crippen molar-refractivity contribution < 1.29 is 4.79 Å². The maximum Gasteiger partial charge on any atom is 0.223 e. The first-order valence-corrected chi connectivity index (χ1v) is 6.18. The Balaban J connectivity index is 1.83. The normalized spacial score (nSPS) is 22.8. The van der Waals surface area contributed by atoms with Gasteiger partial charge in [-0.05, 0) is 12.5 Å². The molecule has 1 aromatic rings. The van der Waals surface area contributed by atoms with Gasteiger partial charge < -0.3 is 9.80 Å². The van der Waals surface area contributed by atoms with Crippen molar-refractivity contribution in [3.05, 3.63) is 24.0 Å². The number of aromatic nitrogens is 1. The van der Waals surface area contributed by atoms with Crippen molar-refractivity contribution in [2.45, 2.75) is 18.9 Å². The van der Waals surface area contributed by atoms with Crippen LogP contribution in [-0.4, -0.2) is 41.5 Å². The standard InChI is InChI=1S/C13H14N4O/c14-7-10-3-4-15-8-12(10)16-5-6-17-11(9-16)1-2-13(17)18/h3-4,8,11H,1-2,5-6,9H2. The second-order valence-electron chi connectivity index (χ2n) is 4.73. The summed E-state index contributed by atoms with van der Waals surface area (Å²) in [7, 11) is 0. The Bertz CT molecular complexity index is 522. The van der Waals surface area contributed by atoms with E-state index in [4.69, 9.17) is 5.26 Å². The van der Waals surface area contributed by atoms with Crippen LogP contribution in [0.25, 0.3) is 0 Å². The van der Waals surface area contributed by atoms with Crippen LogP contribution < -0.4 is 4.90 Å². The van der Waals surface area contributed by atoms with E-state index in [1.54, 1.807) is 18.5 Å². The maximum atomic E-state index is 11.6. The van der Waals surface area contributed by atoms with Gasteiger partial charge in [0.1, 0.15) is 6.07 Å². The van der Waals surface area contributed by atoms with Crippen molar-refractivity contribution >= 4 is 11.6 Å². The van der Waals surface area contributed by atoms with E-state index in [0.717, 1.165) is 31.7 Å². The summed E-state index contributed by atoms with van der Waals surface area (Å²) in [6, 6.07) is 4.24. The molecule has 2 saturated heterocycles. The Morgan fingerprint density at radius 3 is 3.17 bits per heavy atom. The molecule has 1 unspecified atom stereocenters. The van der Waals surface area contributed by atoms with Crippen LogP contribution in [0.1, 0.15) is 18.4 Å². The van der Waals surface area contributed by atoms with Crippen LogP contribution in [-0.2, 0) is 4.79 Å². The Hall–Kier alpha value is -2.09. The number of hydrogen-bond donors (Lipinski definition) is 0. The maximum absolute atomic E-state index is 11.6. The molecule has 0 aromatic carbocycles. The number of carbonyl (C=O) groups is 1. The molecule has 2 fully saturated rings. The molecule has 1 amide bonds. The minimum atomic E-state index is 0.270. The van der Waals surface area contributed by atoms with E-state index < -0.39 is 0 Å². The van der Waals surface area contributed by atoms with Crippen LogP contribution in [0.15, 0.2) is 18.5 Å². The monoisotopic (exact) mass is 242 g/mol. The molecular formula is C13H14N4O. The highest BCUT2D eigenvalue weighted by molar-refractivity contribution is 5.79. The number of nitrogens with zero attached hydrogens (tertiary/aromatic N) is 4. The third kappa shape index (κ3) is 1.70. The van der Waals surface area contributed by atoms with Gasteiger partial charge in [-0.25, -0.2) is 0 Å². The average Bonchev–Trinajstić information content (AvgIpc) is 2.80. The van der Waals surface area contributed by atoms with Crippen molar-refractivity contribution in [2.75, 3.05) is 24.5 Å². The zero-order valence-electron chi connectivity index (χ0n) is 10.0. The van der Waals surface area contributed by atoms with E-state index in [-0.39, 0.29) is 5.91 Å². The van der Waals surface area contributed by atoms with E-state index >= 15 is 0 Å². The molecule has 1 atom stereocenters. The summed E-state index contributed by atoms with van der Waals surface area (Å²) in [6.07, 6.45) is 4.97. The first kappa shape index (κ1) is 11.0. The molecule has 92 valence electrons. The topological polar surface area (TPSA) is 60.2 Å². The summed E-state index contributed by atoms with van der Waals surface area (Å²) in [5, 5.41) is 9.11. The summed E-state index contributed by atoms with van der Waals surface area (Å²) < 4.78 is 0. The van der Waals surface area contributed by atoms with Gasteiger partial charge in [0.25, 0.3) is 0 Å². The van der Waals surface area contributed by atoms with Gasteiger partial charge in [0.15, 0.2) is 0 Å². The summed E-state index contributed by atoms with van der Waals surface area (Å²) >= 11 is 0.